The van der Waals surface area contributed by atoms with Crippen LogP contribution in [-0.4, -0.2) is 27.6 Å². The number of rotatable bonds is 7. The van der Waals surface area contributed by atoms with Crippen LogP contribution in [0.2, 0.25) is 0 Å². The predicted molar refractivity (Wildman–Crippen MR) is 123 cm³/mol. The molecule has 4 rings (SSSR count). The van der Waals surface area contributed by atoms with E-state index < -0.39 is 0 Å². The molecule has 0 saturated heterocycles. The van der Waals surface area contributed by atoms with Gasteiger partial charge in [0.05, 0.1) is 13.5 Å². The molecular formula is C25H24N4O3. The van der Waals surface area contributed by atoms with E-state index >= 15 is 0 Å². The van der Waals surface area contributed by atoms with E-state index in [0.717, 1.165) is 22.7 Å². The van der Waals surface area contributed by atoms with Gasteiger partial charge in [0, 0.05) is 24.1 Å². The number of methoxy groups -OCH3 is 1. The van der Waals surface area contributed by atoms with Gasteiger partial charge in [-0.05, 0) is 67.4 Å². The first-order chi connectivity index (χ1) is 15.5. The number of hydrogen-bond acceptors (Lipinski definition) is 5. The van der Waals surface area contributed by atoms with Crippen LogP contribution in [-0.2, 0) is 11.2 Å². The number of nitrogens with zero attached hydrogens (tertiary/aromatic N) is 3. The Bertz CT molecular complexity index is 1220. The van der Waals surface area contributed by atoms with Crippen LogP contribution < -0.4 is 14.8 Å². The summed E-state index contributed by atoms with van der Waals surface area (Å²) in [7, 11) is 1.63. The molecule has 32 heavy (non-hydrogen) atoms. The number of carbonyl (C=O) groups is 1. The van der Waals surface area contributed by atoms with E-state index in [1.54, 1.807) is 37.4 Å². The summed E-state index contributed by atoms with van der Waals surface area (Å²) < 4.78 is 13.1. The van der Waals surface area contributed by atoms with Gasteiger partial charge in [-0.15, -0.1) is 0 Å². The van der Waals surface area contributed by atoms with Gasteiger partial charge in [0.1, 0.15) is 23.1 Å². The monoisotopic (exact) mass is 428 g/mol. The molecule has 162 valence electrons. The molecule has 0 radical (unpaired) electrons. The molecule has 0 atom stereocenters. The SMILES string of the molecule is COc1ccc(CC(=O)Nc2ccc(Oc3cc(-n4cccc4)nc(C)n3)cc2)cc1C. The fourth-order valence-electron chi connectivity index (χ4n) is 3.37. The zero-order valence-electron chi connectivity index (χ0n) is 18.2. The summed E-state index contributed by atoms with van der Waals surface area (Å²) in [6.07, 6.45) is 4.11. The summed E-state index contributed by atoms with van der Waals surface area (Å²) in [5.41, 5.74) is 2.62. The Hall–Kier alpha value is -4.13. The van der Waals surface area contributed by atoms with Gasteiger partial charge in [0.25, 0.3) is 0 Å². The fraction of sp³-hybridized carbons (Fsp3) is 0.160. The minimum absolute atomic E-state index is 0.0916. The largest absolute Gasteiger partial charge is 0.496 e. The number of aromatic nitrogens is 3. The molecule has 7 nitrogen and oxygen atoms in total. The van der Waals surface area contributed by atoms with Crippen LogP contribution >= 0.6 is 0 Å². The van der Waals surface area contributed by atoms with Crippen LogP contribution in [0.25, 0.3) is 5.82 Å². The molecule has 1 N–H and O–H groups in total. The molecule has 1 amide bonds. The van der Waals surface area contributed by atoms with Crippen molar-refractivity contribution in [1.29, 1.82) is 0 Å². The Labute approximate surface area is 186 Å². The molecule has 0 aliphatic heterocycles. The summed E-state index contributed by atoms with van der Waals surface area (Å²) in [6, 6.07) is 18.6. The first kappa shape index (κ1) is 21.1. The standard InChI is InChI=1S/C25H24N4O3/c1-17-14-19(6-11-22(17)31-3)15-24(30)28-20-7-9-21(10-8-20)32-25-16-23(26-18(2)27-25)29-12-4-5-13-29/h4-14,16H,15H2,1-3H3,(H,28,30). The topological polar surface area (TPSA) is 78.3 Å². The minimum Gasteiger partial charge on any atom is -0.496 e. The van der Waals surface area contributed by atoms with Crippen LogP contribution in [0.5, 0.6) is 17.4 Å². The highest BCUT2D eigenvalue weighted by Gasteiger charge is 2.08. The van der Waals surface area contributed by atoms with Crippen LogP contribution in [0.3, 0.4) is 0 Å². The van der Waals surface area contributed by atoms with Crippen LogP contribution in [0.15, 0.2) is 73.1 Å². The lowest BCUT2D eigenvalue weighted by atomic mass is 10.1. The fourth-order valence-corrected chi connectivity index (χ4v) is 3.37. The lowest BCUT2D eigenvalue weighted by molar-refractivity contribution is -0.115. The lowest BCUT2D eigenvalue weighted by Crippen LogP contribution is -2.14. The van der Waals surface area contributed by atoms with E-state index in [1.165, 1.54) is 0 Å². The minimum atomic E-state index is -0.0916. The van der Waals surface area contributed by atoms with Crippen LogP contribution in [0, 0.1) is 13.8 Å². The second kappa shape index (κ2) is 9.34. The van der Waals surface area contributed by atoms with Crippen LogP contribution in [0.1, 0.15) is 17.0 Å². The summed E-state index contributed by atoms with van der Waals surface area (Å²) in [6.45, 7) is 3.78. The van der Waals surface area contributed by atoms with Gasteiger partial charge in [-0.1, -0.05) is 12.1 Å². The highest BCUT2D eigenvalue weighted by atomic mass is 16.5. The number of amides is 1. The van der Waals surface area contributed by atoms with E-state index in [9.17, 15) is 4.79 Å². The number of benzene rings is 2. The predicted octanol–water partition coefficient (Wildman–Crippen LogP) is 4.87. The maximum absolute atomic E-state index is 12.4. The smallest absolute Gasteiger partial charge is 0.228 e. The van der Waals surface area contributed by atoms with Crippen molar-refractivity contribution < 1.29 is 14.3 Å². The molecule has 0 bridgehead atoms. The van der Waals surface area contributed by atoms with Gasteiger partial charge in [0.15, 0.2) is 0 Å². The summed E-state index contributed by atoms with van der Waals surface area (Å²) >= 11 is 0. The zero-order valence-corrected chi connectivity index (χ0v) is 18.2. The molecule has 2 heterocycles. The average molecular weight is 428 g/mol. The van der Waals surface area contributed by atoms with E-state index in [1.807, 2.05) is 61.1 Å². The lowest BCUT2D eigenvalue weighted by Gasteiger charge is -2.10. The number of aryl methyl sites for hydroxylation is 2. The second-order valence-electron chi connectivity index (χ2n) is 7.36. The Kier molecular flexibility index (Phi) is 6.17. The van der Waals surface area contributed by atoms with E-state index in [-0.39, 0.29) is 12.3 Å². The van der Waals surface area contributed by atoms with Gasteiger partial charge in [-0.2, -0.15) is 4.98 Å². The number of hydrogen-bond donors (Lipinski definition) is 1. The normalized spacial score (nSPS) is 10.6. The molecule has 0 aliphatic rings. The van der Waals surface area contributed by atoms with E-state index in [2.05, 4.69) is 15.3 Å². The van der Waals surface area contributed by atoms with E-state index in [0.29, 0.717) is 23.1 Å². The Morgan fingerprint density at radius 1 is 1.00 bits per heavy atom. The van der Waals surface area contributed by atoms with Crippen LogP contribution in [0.4, 0.5) is 5.69 Å². The zero-order chi connectivity index (χ0) is 22.5. The molecule has 0 unspecified atom stereocenters. The van der Waals surface area contributed by atoms with Crippen molar-refractivity contribution in [3.63, 3.8) is 0 Å². The van der Waals surface area contributed by atoms with Gasteiger partial charge < -0.3 is 19.4 Å². The van der Waals surface area contributed by atoms with Crippen molar-refractivity contribution in [2.45, 2.75) is 20.3 Å². The molecule has 0 aliphatic carbocycles. The molecule has 0 spiro atoms. The Morgan fingerprint density at radius 3 is 2.44 bits per heavy atom. The number of anilines is 1. The highest BCUT2D eigenvalue weighted by Crippen LogP contribution is 2.24. The number of nitrogens with one attached hydrogen (secondary N) is 1. The molecule has 0 fully saturated rings. The van der Waals surface area contributed by atoms with Gasteiger partial charge >= 0.3 is 0 Å². The van der Waals surface area contributed by atoms with E-state index in [4.69, 9.17) is 9.47 Å². The second-order valence-corrected chi connectivity index (χ2v) is 7.36. The molecular weight excluding hydrogens is 404 g/mol. The third kappa shape index (κ3) is 5.13. The molecule has 4 aromatic rings. The third-order valence-corrected chi connectivity index (χ3v) is 4.85. The molecule has 2 aromatic heterocycles. The van der Waals surface area contributed by atoms with Gasteiger partial charge in [-0.25, -0.2) is 4.98 Å². The van der Waals surface area contributed by atoms with Gasteiger partial charge in [-0.3, -0.25) is 4.79 Å². The van der Waals surface area contributed by atoms with Crippen molar-refractivity contribution in [3.05, 3.63) is 90.0 Å². The Morgan fingerprint density at radius 2 is 1.75 bits per heavy atom. The van der Waals surface area contributed by atoms with Crippen molar-refractivity contribution in [2.75, 3.05) is 12.4 Å². The Balaban J connectivity index is 1.39. The number of carbonyl (C=O) groups excluding carboxylic acids is 1. The molecule has 0 saturated carbocycles. The maximum atomic E-state index is 12.4. The van der Waals surface area contributed by atoms with Crippen molar-refractivity contribution in [1.82, 2.24) is 14.5 Å². The number of ether oxygens (including phenoxy) is 2. The maximum Gasteiger partial charge on any atom is 0.228 e. The summed E-state index contributed by atoms with van der Waals surface area (Å²) in [5, 5.41) is 2.91. The quantitative estimate of drug-likeness (QED) is 0.455. The first-order valence-electron chi connectivity index (χ1n) is 10.2. The third-order valence-electron chi connectivity index (χ3n) is 4.85. The van der Waals surface area contributed by atoms with Gasteiger partial charge in [0.2, 0.25) is 11.8 Å². The molecule has 2 aromatic carbocycles. The summed E-state index contributed by atoms with van der Waals surface area (Å²) in [5.74, 6) is 3.13. The van der Waals surface area contributed by atoms with Crippen molar-refractivity contribution in [3.8, 4) is 23.2 Å². The first-order valence-corrected chi connectivity index (χ1v) is 10.2. The van der Waals surface area contributed by atoms with Crippen molar-refractivity contribution >= 4 is 11.6 Å². The highest BCUT2D eigenvalue weighted by molar-refractivity contribution is 5.92. The average Bonchev–Trinajstić information content (AvgIpc) is 3.30. The van der Waals surface area contributed by atoms with Crippen molar-refractivity contribution in [2.24, 2.45) is 0 Å². The molecule has 7 heteroatoms. The summed E-state index contributed by atoms with van der Waals surface area (Å²) in [4.78, 5) is 21.2.